The molecule has 2 aromatic heterocycles. The third-order valence-corrected chi connectivity index (χ3v) is 3.65. The molecule has 0 aromatic carbocycles. The number of pyridine rings is 1. The molecule has 0 bridgehead atoms. The zero-order valence-corrected chi connectivity index (χ0v) is 10.2. The van der Waals surface area contributed by atoms with Crippen molar-refractivity contribution in [3.05, 3.63) is 29.9 Å². The number of hydrogen-bond donors (Lipinski definition) is 0. The Morgan fingerprint density at radius 3 is 2.71 bits per heavy atom. The minimum atomic E-state index is 0.796. The average Bonchev–Trinajstić information content (AvgIpc) is 2.90. The van der Waals surface area contributed by atoms with Gasteiger partial charge in [-0.25, -0.2) is 4.98 Å². The van der Waals surface area contributed by atoms with E-state index in [1.54, 1.807) is 23.7 Å². The summed E-state index contributed by atoms with van der Waals surface area (Å²) in [4.78, 5) is 11.0. The monoisotopic (exact) mass is 247 g/mol. The highest BCUT2D eigenvalue weighted by atomic mass is 32.1. The highest BCUT2D eigenvalue weighted by Crippen LogP contribution is 2.27. The lowest BCUT2D eigenvalue weighted by Crippen LogP contribution is -2.36. The van der Waals surface area contributed by atoms with Crippen LogP contribution in [0, 0.1) is 0 Å². The normalized spacial score (nSPS) is 16.1. The largest absolute Gasteiger partial charge is 0.378 e. The Morgan fingerprint density at radius 2 is 1.94 bits per heavy atom. The minimum Gasteiger partial charge on any atom is -0.378 e. The van der Waals surface area contributed by atoms with Crippen molar-refractivity contribution in [2.24, 2.45) is 0 Å². The van der Waals surface area contributed by atoms with E-state index in [-0.39, 0.29) is 0 Å². The van der Waals surface area contributed by atoms with Crippen LogP contribution in [0.15, 0.2) is 29.9 Å². The Hall–Kier alpha value is -1.46. The van der Waals surface area contributed by atoms with Gasteiger partial charge in [-0.1, -0.05) is 0 Å². The van der Waals surface area contributed by atoms with E-state index in [0.29, 0.717) is 0 Å². The summed E-state index contributed by atoms with van der Waals surface area (Å²) in [6.45, 7) is 3.46. The number of anilines is 1. The molecular weight excluding hydrogens is 234 g/mol. The van der Waals surface area contributed by atoms with Crippen LogP contribution in [0.2, 0.25) is 0 Å². The van der Waals surface area contributed by atoms with E-state index in [2.05, 4.69) is 20.2 Å². The van der Waals surface area contributed by atoms with Crippen LogP contribution in [0.4, 0.5) is 5.13 Å². The molecule has 4 nitrogen and oxygen atoms in total. The molecule has 1 saturated heterocycles. The maximum Gasteiger partial charge on any atom is 0.186 e. The fraction of sp³-hybridized carbons (Fsp3) is 0.333. The van der Waals surface area contributed by atoms with Crippen molar-refractivity contribution in [1.29, 1.82) is 0 Å². The summed E-state index contributed by atoms with van der Waals surface area (Å²) in [6, 6.07) is 3.97. The number of nitrogens with zero attached hydrogens (tertiary/aromatic N) is 3. The summed E-state index contributed by atoms with van der Waals surface area (Å²) in [5.74, 6) is 0. The first-order chi connectivity index (χ1) is 8.43. The van der Waals surface area contributed by atoms with Gasteiger partial charge in [0, 0.05) is 36.4 Å². The van der Waals surface area contributed by atoms with Gasteiger partial charge in [0.15, 0.2) is 5.13 Å². The van der Waals surface area contributed by atoms with Crippen molar-refractivity contribution in [2.45, 2.75) is 0 Å². The second-order valence-electron chi connectivity index (χ2n) is 3.85. The molecule has 0 unspecified atom stereocenters. The van der Waals surface area contributed by atoms with Gasteiger partial charge in [-0.2, -0.15) is 0 Å². The summed E-state index contributed by atoms with van der Waals surface area (Å²) in [7, 11) is 0. The van der Waals surface area contributed by atoms with Crippen LogP contribution in [-0.2, 0) is 4.74 Å². The smallest absolute Gasteiger partial charge is 0.186 e. The van der Waals surface area contributed by atoms with Crippen LogP contribution in [-0.4, -0.2) is 36.3 Å². The lowest BCUT2D eigenvalue weighted by Gasteiger charge is -2.26. The Balaban J connectivity index is 1.83. The van der Waals surface area contributed by atoms with Gasteiger partial charge in [0.2, 0.25) is 0 Å². The molecule has 0 atom stereocenters. The lowest BCUT2D eigenvalue weighted by molar-refractivity contribution is 0.122. The molecule has 0 N–H and O–H groups in total. The topological polar surface area (TPSA) is 38.2 Å². The van der Waals surface area contributed by atoms with Crippen molar-refractivity contribution in [2.75, 3.05) is 31.2 Å². The molecule has 1 aliphatic rings. The maximum atomic E-state index is 5.34. The first-order valence-electron chi connectivity index (χ1n) is 5.62. The molecule has 3 rings (SSSR count). The number of rotatable bonds is 2. The number of hydrogen-bond acceptors (Lipinski definition) is 5. The summed E-state index contributed by atoms with van der Waals surface area (Å²) < 4.78 is 5.34. The van der Waals surface area contributed by atoms with E-state index in [9.17, 15) is 0 Å². The molecule has 1 aliphatic heterocycles. The van der Waals surface area contributed by atoms with Gasteiger partial charge in [-0.15, -0.1) is 11.3 Å². The molecule has 2 aromatic rings. The Morgan fingerprint density at radius 1 is 1.18 bits per heavy atom. The average molecular weight is 247 g/mol. The zero-order chi connectivity index (χ0) is 11.5. The van der Waals surface area contributed by atoms with Crippen LogP contribution in [0.5, 0.6) is 0 Å². The van der Waals surface area contributed by atoms with Crippen molar-refractivity contribution < 1.29 is 4.74 Å². The van der Waals surface area contributed by atoms with Gasteiger partial charge >= 0.3 is 0 Å². The maximum absolute atomic E-state index is 5.34. The number of morpholine rings is 1. The van der Waals surface area contributed by atoms with Crippen LogP contribution in [0.3, 0.4) is 0 Å². The quantitative estimate of drug-likeness (QED) is 0.814. The van der Waals surface area contributed by atoms with Gasteiger partial charge in [-0.05, 0) is 12.1 Å². The molecule has 0 saturated carbocycles. The summed E-state index contributed by atoms with van der Waals surface area (Å²) in [5, 5.41) is 3.18. The molecule has 0 spiro atoms. The van der Waals surface area contributed by atoms with E-state index < -0.39 is 0 Å². The highest BCUT2D eigenvalue weighted by Gasteiger charge is 2.14. The number of aromatic nitrogens is 2. The van der Waals surface area contributed by atoms with E-state index in [4.69, 9.17) is 4.74 Å². The van der Waals surface area contributed by atoms with E-state index in [1.165, 1.54) is 0 Å². The molecule has 88 valence electrons. The third-order valence-electron chi connectivity index (χ3n) is 2.75. The van der Waals surface area contributed by atoms with Crippen LogP contribution in [0.1, 0.15) is 0 Å². The SMILES string of the molecule is c1cc(-c2csc(N3CCOCC3)n2)ccn1. The third kappa shape index (κ3) is 2.30. The summed E-state index contributed by atoms with van der Waals surface area (Å²) in [5.41, 5.74) is 2.15. The van der Waals surface area contributed by atoms with Gasteiger partial charge < -0.3 is 9.64 Å². The molecule has 5 heteroatoms. The highest BCUT2D eigenvalue weighted by molar-refractivity contribution is 7.14. The van der Waals surface area contributed by atoms with Crippen LogP contribution in [0.25, 0.3) is 11.3 Å². The Bertz CT molecular complexity index is 480. The zero-order valence-electron chi connectivity index (χ0n) is 9.37. The van der Waals surface area contributed by atoms with Crippen molar-refractivity contribution in [3.8, 4) is 11.3 Å². The predicted molar refractivity (Wildman–Crippen MR) is 68.4 cm³/mol. The standard InChI is InChI=1S/C12H13N3OS/c1-3-13-4-2-10(1)11-9-17-12(14-11)15-5-7-16-8-6-15/h1-4,9H,5-8H2. The van der Waals surface area contributed by atoms with Crippen molar-refractivity contribution in [3.63, 3.8) is 0 Å². The molecule has 0 aliphatic carbocycles. The van der Waals surface area contributed by atoms with Gasteiger partial charge in [0.05, 0.1) is 18.9 Å². The number of ether oxygens (including phenoxy) is 1. The van der Waals surface area contributed by atoms with Crippen LogP contribution >= 0.6 is 11.3 Å². The van der Waals surface area contributed by atoms with E-state index in [1.807, 2.05) is 12.1 Å². The molecule has 1 fully saturated rings. The molecular formula is C12H13N3OS. The molecule has 17 heavy (non-hydrogen) atoms. The van der Waals surface area contributed by atoms with Gasteiger partial charge in [-0.3, -0.25) is 4.98 Å². The summed E-state index contributed by atoms with van der Waals surface area (Å²) >= 11 is 1.69. The Labute approximate surface area is 104 Å². The van der Waals surface area contributed by atoms with E-state index in [0.717, 1.165) is 42.7 Å². The van der Waals surface area contributed by atoms with Gasteiger partial charge in [0.25, 0.3) is 0 Å². The second kappa shape index (κ2) is 4.81. The summed E-state index contributed by atoms with van der Waals surface area (Å²) in [6.07, 6.45) is 3.59. The minimum absolute atomic E-state index is 0.796. The second-order valence-corrected chi connectivity index (χ2v) is 4.69. The molecule has 0 radical (unpaired) electrons. The fourth-order valence-electron chi connectivity index (χ4n) is 1.82. The lowest BCUT2D eigenvalue weighted by atomic mass is 10.2. The van der Waals surface area contributed by atoms with Crippen molar-refractivity contribution >= 4 is 16.5 Å². The van der Waals surface area contributed by atoms with Gasteiger partial charge in [0.1, 0.15) is 0 Å². The molecule has 3 heterocycles. The van der Waals surface area contributed by atoms with Crippen LogP contribution < -0.4 is 4.90 Å². The van der Waals surface area contributed by atoms with Crippen molar-refractivity contribution in [1.82, 2.24) is 9.97 Å². The molecule has 0 amide bonds. The fourth-order valence-corrected chi connectivity index (χ4v) is 2.71. The van der Waals surface area contributed by atoms with E-state index >= 15 is 0 Å². The Kier molecular flexibility index (Phi) is 3.02. The number of thiazole rings is 1. The first kappa shape index (κ1) is 10.7. The first-order valence-corrected chi connectivity index (χ1v) is 6.50. The predicted octanol–water partition coefficient (Wildman–Crippen LogP) is 2.04.